The first-order chi connectivity index (χ1) is 6.30. The summed E-state index contributed by atoms with van der Waals surface area (Å²) in [4.78, 5) is 2.77. The molecule has 0 bridgehead atoms. The fourth-order valence-electron chi connectivity index (χ4n) is 0.799. The van der Waals surface area contributed by atoms with Gasteiger partial charge >= 0.3 is 0 Å². The Morgan fingerprint density at radius 3 is 2.43 bits per heavy atom. The van der Waals surface area contributed by atoms with E-state index in [-0.39, 0.29) is 5.82 Å². The van der Waals surface area contributed by atoms with Gasteiger partial charge in [-0.25, -0.2) is 22.2 Å². The smallest absolute Gasteiger partial charge is 0.280 e. The van der Waals surface area contributed by atoms with E-state index in [0.29, 0.717) is 6.07 Å². The molecule has 0 spiro atoms. The highest BCUT2D eigenvalue weighted by Gasteiger charge is 2.17. The van der Waals surface area contributed by atoms with Gasteiger partial charge in [0, 0.05) is 16.7 Å². The van der Waals surface area contributed by atoms with Crippen molar-refractivity contribution in [2.75, 3.05) is 5.73 Å². The molecule has 8 heteroatoms. The van der Waals surface area contributed by atoms with Crippen LogP contribution in [0.1, 0.15) is 12.1 Å². The lowest BCUT2D eigenvalue weighted by Crippen LogP contribution is -2.01. The largest absolute Gasteiger partial charge is 0.384 e. The van der Waals surface area contributed by atoms with Crippen LogP contribution in [-0.4, -0.2) is 13.4 Å². The number of anilines is 1. The van der Waals surface area contributed by atoms with E-state index in [1.807, 2.05) is 0 Å². The molecule has 0 aliphatic rings. The standard InChI is InChI=1S/C6H5ClF2N2O2S/c7-14(12,13)3-1-4(6(8)9)11-5(10)2-3/h1-2,6H,(H2,10,11). The van der Waals surface area contributed by atoms with Crippen molar-refractivity contribution in [2.45, 2.75) is 11.3 Å². The maximum atomic E-state index is 12.2. The number of rotatable bonds is 2. The van der Waals surface area contributed by atoms with Gasteiger partial charge in [-0.1, -0.05) is 0 Å². The van der Waals surface area contributed by atoms with Crippen molar-refractivity contribution in [3.63, 3.8) is 0 Å². The SMILES string of the molecule is Nc1cc(S(=O)(=O)Cl)cc(C(F)F)n1. The predicted molar refractivity (Wildman–Crippen MR) is 46.6 cm³/mol. The van der Waals surface area contributed by atoms with Crippen molar-refractivity contribution in [2.24, 2.45) is 0 Å². The maximum Gasteiger partial charge on any atom is 0.280 e. The number of halogens is 3. The lowest BCUT2D eigenvalue weighted by Gasteiger charge is -2.02. The summed E-state index contributed by atoms with van der Waals surface area (Å²) >= 11 is 0. The van der Waals surface area contributed by atoms with Gasteiger partial charge in [-0.05, 0) is 6.07 Å². The Balaban J connectivity index is 3.35. The van der Waals surface area contributed by atoms with Crippen LogP contribution in [-0.2, 0) is 9.05 Å². The number of alkyl halides is 2. The van der Waals surface area contributed by atoms with Gasteiger partial charge in [0.1, 0.15) is 11.5 Å². The molecule has 0 saturated heterocycles. The molecule has 1 heterocycles. The van der Waals surface area contributed by atoms with E-state index in [0.717, 1.165) is 6.07 Å². The van der Waals surface area contributed by atoms with E-state index in [1.54, 1.807) is 0 Å². The van der Waals surface area contributed by atoms with Crippen molar-refractivity contribution in [3.8, 4) is 0 Å². The van der Waals surface area contributed by atoms with Gasteiger partial charge in [-0.3, -0.25) is 0 Å². The van der Waals surface area contributed by atoms with Crippen molar-refractivity contribution in [1.29, 1.82) is 0 Å². The Kier molecular flexibility index (Phi) is 2.91. The number of nitrogen functional groups attached to an aromatic ring is 1. The quantitative estimate of drug-likeness (QED) is 0.798. The monoisotopic (exact) mass is 242 g/mol. The molecule has 0 aliphatic heterocycles. The molecule has 1 rings (SSSR count). The lowest BCUT2D eigenvalue weighted by molar-refractivity contribution is 0.146. The summed E-state index contributed by atoms with van der Waals surface area (Å²) < 4.78 is 45.9. The number of hydrogen-bond acceptors (Lipinski definition) is 4. The van der Waals surface area contributed by atoms with E-state index in [1.165, 1.54) is 0 Å². The molecule has 4 nitrogen and oxygen atoms in total. The summed E-state index contributed by atoms with van der Waals surface area (Å²) in [6, 6.07) is 1.59. The molecule has 0 aliphatic carbocycles. The lowest BCUT2D eigenvalue weighted by atomic mass is 10.3. The first-order valence-electron chi connectivity index (χ1n) is 3.31. The molecule has 1 aromatic rings. The second kappa shape index (κ2) is 3.66. The van der Waals surface area contributed by atoms with Gasteiger partial charge in [0.2, 0.25) is 0 Å². The van der Waals surface area contributed by atoms with Gasteiger partial charge in [0.25, 0.3) is 15.5 Å². The Labute approximate surface area is 83.1 Å². The second-order valence-electron chi connectivity index (χ2n) is 2.39. The van der Waals surface area contributed by atoms with Crippen LogP contribution < -0.4 is 5.73 Å². The third-order valence-electron chi connectivity index (χ3n) is 1.34. The first kappa shape index (κ1) is 11.1. The Morgan fingerprint density at radius 2 is 2.00 bits per heavy atom. The zero-order chi connectivity index (χ0) is 10.9. The Hall–Kier alpha value is -0.950. The topological polar surface area (TPSA) is 73.1 Å². The zero-order valence-electron chi connectivity index (χ0n) is 6.62. The van der Waals surface area contributed by atoms with Gasteiger partial charge in [0.05, 0.1) is 4.90 Å². The highest BCUT2D eigenvalue weighted by atomic mass is 35.7. The van der Waals surface area contributed by atoms with E-state index < -0.39 is 26.1 Å². The van der Waals surface area contributed by atoms with Crippen LogP contribution in [0.5, 0.6) is 0 Å². The molecule has 78 valence electrons. The van der Waals surface area contributed by atoms with Crippen LogP contribution in [0.3, 0.4) is 0 Å². The minimum absolute atomic E-state index is 0.318. The molecule has 0 atom stereocenters. The molecule has 14 heavy (non-hydrogen) atoms. The fourth-order valence-corrected chi connectivity index (χ4v) is 1.59. The summed E-state index contributed by atoms with van der Waals surface area (Å²) in [5.41, 5.74) is 4.41. The molecular weight excluding hydrogens is 238 g/mol. The average molecular weight is 243 g/mol. The molecule has 0 aromatic carbocycles. The second-order valence-corrected chi connectivity index (χ2v) is 4.96. The summed E-state index contributed by atoms with van der Waals surface area (Å²) in [6.45, 7) is 0. The molecule has 0 amide bonds. The predicted octanol–water partition coefficient (Wildman–Crippen LogP) is 1.53. The molecular formula is C6H5ClF2N2O2S. The van der Waals surface area contributed by atoms with Crippen LogP contribution in [0.25, 0.3) is 0 Å². The van der Waals surface area contributed by atoms with E-state index in [9.17, 15) is 17.2 Å². The van der Waals surface area contributed by atoms with Gasteiger partial charge in [0.15, 0.2) is 0 Å². The van der Waals surface area contributed by atoms with Crippen LogP contribution in [0, 0.1) is 0 Å². The summed E-state index contributed by atoms with van der Waals surface area (Å²) in [7, 11) is 0.889. The molecule has 0 fully saturated rings. The normalized spacial score (nSPS) is 12.0. The zero-order valence-corrected chi connectivity index (χ0v) is 8.19. The fraction of sp³-hybridized carbons (Fsp3) is 0.167. The van der Waals surface area contributed by atoms with Gasteiger partial charge < -0.3 is 5.73 Å². The number of aromatic nitrogens is 1. The highest BCUT2D eigenvalue weighted by molar-refractivity contribution is 8.13. The average Bonchev–Trinajstić information content (AvgIpc) is 2.01. The van der Waals surface area contributed by atoms with Crippen LogP contribution in [0.4, 0.5) is 14.6 Å². The minimum atomic E-state index is -4.06. The minimum Gasteiger partial charge on any atom is -0.384 e. The Bertz CT molecular complexity index is 449. The third-order valence-corrected chi connectivity index (χ3v) is 2.68. The molecule has 1 aromatic heterocycles. The van der Waals surface area contributed by atoms with E-state index >= 15 is 0 Å². The third kappa shape index (κ3) is 2.52. The Morgan fingerprint density at radius 1 is 1.43 bits per heavy atom. The number of hydrogen-bond donors (Lipinski definition) is 1. The summed E-state index contributed by atoms with van der Waals surface area (Å²) in [6.07, 6.45) is -2.89. The number of nitrogens with zero attached hydrogens (tertiary/aromatic N) is 1. The van der Waals surface area contributed by atoms with Gasteiger partial charge in [-0.2, -0.15) is 0 Å². The van der Waals surface area contributed by atoms with Crippen molar-refractivity contribution >= 4 is 25.6 Å². The van der Waals surface area contributed by atoms with Crippen LogP contribution in [0.15, 0.2) is 17.0 Å². The van der Waals surface area contributed by atoms with Crippen LogP contribution >= 0.6 is 10.7 Å². The summed E-state index contributed by atoms with van der Waals surface area (Å²) in [5, 5.41) is 0. The molecule has 2 N–H and O–H groups in total. The highest BCUT2D eigenvalue weighted by Crippen LogP contribution is 2.23. The maximum absolute atomic E-state index is 12.2. The van der Waals surface area contributed by atoms with Gasteiger partial charge in [-0.15, -0.1) is 0 Å². The molecule has 0 unspecified atom stereocenters. The van der Waals surface area contributed by atoms with Crippen molar-refractivity contribution in [3.05, 3.63) is 17.8 Å². The first-order valence-corrected chi connectivity index (χ1v) is 5.62. The molecule has 0 saturated carbocycles. The van der Waals surface area contributed by atoms with Crippen molar-refractivity contribution in [1.82, 2.24) is 4.98 Å². The molecule has 0 radical (unpaired) electrons. The summed E-state index contributed by atoms with van der Waals surface area (Å²) in [5.74, 6) is -0.318. The number of pyridine rings is 1. The van der Waals surface area contributed by atoms with Crippen molar-refractivity contribution < 1.29 is 17.2 Å². The van der Waals surface area contributed by atoms with E-state index in [4.69, 9.17) is 16.4 Å². The van der Waals surface area contributed by atoms with Crippen LogP contribution in [0.2, 0.25) is 0 Å². The van der Waals surface area contributed by atoms with E-state index in [2.05, 4.69) is 4.98 Å². The number of nitrogens with two attached hydrogens (primary N) is 1.